The van der Waals surface area contributed by atoms with E-state index in [1.54, 1.807) is 0 Å². The van der Waals surface area contributed by atoms with Gasteiger partial charge < -0.3 is 19.1 Å². The van der Waals surface area contributed by atoms with Crippen LogP contribution >= 0.6 is 0 Å². The van der Waals surface area contributed by atoms with Crippen LogP contribution in [0.2, 0.25) is 23.3 Å². The smallest absolute Gasteiger partial charge is 0.306 e. The van der Waals surface area contributed by atoms with Gasteiger partial charge in [-0.3, -0.25) is 14.4 Å². The predicted molar refractivity (Wildman–Crippen MR) is 197 cm³/mol. The van der Waals surface area contributed by atoms with Gasteiger partial charge in [0.15, 0.2) is 5.60 Å². The molecule has 4 fully saturated rings. The van der Waals surface area contributed by atoms with Gasteiger partial charge in [0.2, 0.25) is 0 Å². The van der Waals surface area contributed by atoms with Crippen LogP contribution in [0.5, 0.6) is 0 Å². The third kappa shape index (κ3) is 8.82. The van der Waals surface area contributed by atoms with Crippen molar-refractivity contribution >= 4 is 32.5 Å². The molecule has 4 aliphatic carbocycles. The number of hydrogen-bond acceptors (Lipinski definition) is 7. The van der Waals surface area contributed by atoms with Crippen molar-refractivity contribution in [3.05, 3.63) is 71.8 Å². The molecule has 9 heteroatoms. The first kappa shape index (κ1) is 37.2. The Balaban J connectivity index is 1.29. The molecule has 2 aromatic carbocycles. The van der Waals surface area contributed by atoms with Crippen LogP contribution in [0.15, 0.2) is 60.7 Å². The third-order valence-corrected chi connectivity index (χ3v) is 12.1. The fourth-order valence-electron chi connectivity index (χ4n) is 8.97. The van der Waals surface area contributed by atoms with Crippen LogP contribution < -0.4 is 0 Å². The van der Waals surface area contributed by atoms with Crippen molar-refractivity contribution in [3.63, 3.8) is 0 Å². The first-order chi connectivity index (χ1) is 23.3. The van der Waals surface area contributed by atoms with Gasteiger partial charge in [-0.15, -0.1) is 0 Å². The molecule has 7 nitrogen and oxygen atoms in total. The molecule has 0 amide bonds. The molecule has 49 heavy (non-hydrogen) atoms. The Morgan fingerprint density at radius 1 is 0.796 bits per heavy atom. The number of ether oxygens (including phenoxy) is 3. The van der Waals surface area contributed by atoms with Crippen molar-refractivity contribution in [2.24, 2.45) is 17.8 Å². The van der Waals surface area contributed by atoms with E-state index < -0.39 is 16.2 Å². The monoisotopic (exact) mass is 669 g/mol. The first-order valence-corrected chi connectivity index (χ1v) is 18.7. The molecule has 4 aliphatic rings. The number of likely N-dealkylation sites (N-methyl/N-ethyl adjacent to an activating group) is 1. The number of carbonyl (C=O) groups excluding carboxylic acids is 3. The second-order valence-electron chi connectivity index (χ2n) is 16.5. The van der Waals surface area contributed by atoms with Crippen molar-refractivity contribution in [1.29, 1.82) is 0 Å². The van der Waals surface area contributed by atoms with E-state index in [9.17, 15) is 14.4 Å². The van der Waals surface area contributed by atoms with Gasteiger partial charge in [-0.05, 0) is 94.8 Å². The Morgan fingerprint density at radius 2 is 1.33 bits per heavy atom. The fraction of sp³-hybridized carbons (Fsp3) is 0.625. The fourth-order valence-corrected chi connectivity index (χ4v) is 8.97. The van der Waals surface area contributed by atoms with Gasteiger partial charge in [-0.25, -0.2) is 0 Å². The van der Waals surface area contributed by atoms with Gasteiger partial charge >= 0.3 is 17.9 Å². The minimum atomic E-state index is -0.948. The Morgan fingerprint density at radius 3 is 1.82 bits per heavy atom. The van der Waals surface area contributed by atoms with Gasteiger partial charge in [-0.1, -0.05) is 94.1 Å². The lowest BCUT2D eigenvalue weighted by Crippen LogP contribution is -2.54. The minimum Gasteiger partial charge on any atom is -0.464 e. The van der Waals surface area contributed by atoms with Crippen molar-refractivity contribution in [2.75, 3.05) is 27.2 Å². The highest BCUT2D eigenvalue weighted by molar-refractivity contribution is 6.54. The molecule has 2 atom stereocenters. The maximum Gasteiger partial charge on any atom is 0.306 e. The summed E-state index contributed by atoms with van der Waals surface area (Å²) >= 11 is 0. The van der Waals surface area contributed by atoms with E-state index in [1.165, 1.54) is 19.3 Å². The SMILES string of the molecule is CCC(C)(BCC(C)(BCCC(=O)OC(C)(c1ccccc1)c1ccccc1)C(=O)OC12CC3CC(CC(C3)C1)C2)C(=O)OCCN(C)C. The molecule has 2 unspecified atom stereocenters. The van der Waals surface area contributed by atoms with Crippen LogP contribution in [0.3, 0.4) is 0 Å². The zero-order valence-electron chi connectivity index (χ0n) is 30.8. The summed E-state index contributed by atoms with van der Waals surface area (Å²) in [7, 11) is 4.87. The average molecular weight is 670 g/mol. The van der Waals surface area contributed by atoms with Gasteiger partial charge in [0.1, 0.15) is 26.8 Å². The highest BCUT2D eigenvalue weighted by Gasteiger charge is 2.54. The summed E-state index contributed by atoms with van der Waals surface area (Å²) in [4.78, 5) is 43.2. The molecule has 0 aromatic heterocycles. The lowest BCUT2D eigenvalue weighted by Gasteiger charge is -2.56. The molecule has 0 spiro atoms. The van der Waals surface area contributed by atoms with Crippen molar-refractivity contribution in [2.45, 2.75) is 114 Å². The van der Waals surface area contributed by atoms with Crippen LogP contribution in [0.4, 0.5) is 0 Å². The summed E-state index contributed by atoms with van der Waals surface area (Å²) in [6.45, 7) is 8.86. The predicted octanol–water partition coefficient (Wildman–Crippen LogP) is 6.98. The Labute approximate surface area is 295 Å². The Bertz CT molecular complexity index is 1360. The molecule has 0 saturated heterocycles. The molecule has 0 aliphatic heterocycles. The van der Waals surface area contributed by atoms with Gasteiger partial charge in [0.05, 0.1) is 0 Å². The van der Waals surface area contributed by atoms with E-state index in [0.717, 1.165) is 30.4 Å². The van der Waals surface area contributed by atoms with E-state index in [2.05, 4.69) is 0 Å². The number of esters is 3. The molecule has 6 rings (SSSR count). The Hall–Kier alpha value is -3.06. The summed E-state index contributed by atoms with van der Waals surface area (Å²) in [6.07, 6.45) is 8.45. The minimum absolute atomic E-state index is 0.174. The second kappa shape index (κ2) is 15.4. The zero-order chi connectivity index (χ0) is 35.3. The zero-order valence-corrected chi connectivity index (χ0v) is 30.8. The second-order valence-corrected chi connectivity index (χ2v) is 16.5. The van der Waals surface area contributed by atoms with Crippen molar-refractivity contribution in [3.8, 4) is 0 Å². The summed E-state index contributed by atoms with van der Waals surface area (Å²) in [5, 5.41) is -1.58. The summed E-state index contributed by atoms with van der Waals surface area (Å²) in [5.74, 6) is 1.26. The van der Waals surface area contributed by atoms with Gasteiger partial charge in [-0.2, -0.15) is 0 Å². The van der Waals surface area contributed by atoms with E-state index >= 15 is 0 Å². The highest BCUT2D eigenvalue weighted by atomic mass is 16.6. The van der Waals surface area contributed by atoms with Crippen molar-refractivity contribution in [1.82, 2.24) is 4.90 Å². The number of rotatable bonds is 17. The molecule has 4 bridgehead atoms. The number of carbonyl (C=O) groups is 3. The quantitative estimate of drug-likeness (QED) is 0.102. The number of nitrogens with zero attached hydrogens (tertiary/aromatic N) is 1. The third-order valence-electron chi connectivity index (χ3n) is 12.1. The summed E-state index contributed by atoms with van der Waals surface area (Å²) in [5.41, 5.74) is 0.485. The van der Waals surface area contributed by atoms with Crippen LogP contribution in [0.25, 0.3) is 0 Å². The molecule has 2 aromatic rings. The maximum atomic E-state index is 14.4. The normalized spacial score (nSPS) is 25.2. The molecular formula is C40H57B2NO6. The highest BCUT2D eigenvalue weighted by Crippen LogP contribution is 2.58. The molecule has 0 heterocycles. The molecular weight excluding hydrogens is 612 g/mol. The van der Waals surface area contributed by atoms with Crippen LogP contribution in [-0.4, -0.2) is 70.2 Å². The maximum absolute atomic E-state index is 14.4. The average Bonchev–Trinajstić information content (AvgIpc) is 3.07. The molecule has 4 saturated carbocycles. The standard InChI is InChI=1S/C40H57B2NO6/c1-7-37(2,35(45)47-21-20-43(5)6)42-28-38(3,36(46)49-40-25-29-22-30(26-40)24-31(23-29)27-40)41-19-18-34(44)48-39(4,32-14-10-8-11-15-32)33-16-12-9-13-17-33/h8-17,29-31,41-42H,7,18-28H2,1-6H3. The largest absolute Gasteiger partial charge is 0.464 e. The van der Waals surface area contributed by atoms with Crippen LogP contribution in [0.1, 0.15) is 90.2 Å². The summed E-state index contributed by atoms with van der Waals surface area (Å²) < 4.78 is 18.6. The first-order valence-electron chi connectivity index (χ1n) is 18.7. The van der Waals surface area contributed by atoms with E-state index in [-0.39, 0.29) is 29.9 Å². The number of hydrogen-bond donors (Lipinski definition) is 0. The van der Waals surface area contributed by atoms with E-state index in [0.29, 0.717) is 64.5 Å². The van der Waals surface area contributed by atoms with Gasteiger partial charge in [0.25, 0.3) is 0 Å². The lowest BCUT2D eigenvalue weighted by molar-refractivity contribution is -0.189. The number of benzene rings is 2. The molecule has 0 N–H and O–H groups in total. The Kier molecular flexibility index (Phi) is 11.7. The van der Waals surface area contributed by atoms with Gasteiger partial charge in [0, 0.05) is 23.6 Å². The molecule has 264 valence electrons. The summed E-state index contributed by atoms with van der Waals surface area (Å²) in [6, 6.07) is 19.6. The van der Waals surface area contributed by atoms with E-state index in [1.807, 2.05) is 107 Å². The van der Waals surface area contributed by atoms with E-state index in [4.69, 9.17) is 14.2 Å². The van der Waals surface area contributed by atoms with Crippen molar-refractivity contribution < 1.29 is 28.6 Å². The topological polar surface area (TPSA) is 82.1 Å². The molecule has 0 radical (unpaired) electrons. The van der Waals surface area contributed by atoms with Crippen LogP contribution in [0, 0.1) is 17.8 Å². The van der Waals surface area contributed by atoms with Crippen LogP contribution in [-0.2, 0) is 34.2 Å². The lowest BCUT2D eigenvalue weighted by atomic mass is 9.38.